The van der Waals surface area contributed by atoms with Gasteiger partial charge in [-0.15, -0.1) is 0 Å². The van der Waals surface area contributed by atoms with E-state index in [-0.39, 0.29) is 17.2 Å². The molecule has 4 rings (SSSR count). The third-order valence-electron chi connectivity index (χ3n) is 7.90. The molecule has 9 heteroatoms. The maximum absolute atomic E-state index is 13.3. The second-order valence-corrected chi connectivity index (χ2v) is 17.9. The van der Waals surface area contributed by atoms with Crippen LogP contribution in [0.3, 0.4) is 0 Å². The van der Waals surface area contributed by atoms with E-state index in [0.717, 1.165) is 5.56 Å². The van der Waals surface area contributed by atoms with Crippen LogP contribution in [0.2, 0.25) is 18.1 Å². The summed E-state index contributed by atoms with van der Waals surface area (Å²) in [5, 5.41) is 11.8. The van der Waals surface area contributed by atoms with Gasteiger partial charge in [-0.05, 0) is 62.5 Å². The summed E-state index contributed by atoms with van der Waals surface area (Å²) in [4.78, 5) is 14.9. The standard InChI is InChI=1S/C29H45NO7Si/c1-28(2,3)36-27(32)30-16-20(37-38(7,8)29(4,5)6)14-22(30)25(31)21-15-23(26-34-18-24(21)35-26)33-17-19-12-10-9-11-13-19/h9-13,15,20,22-26,31H,14,16-18H2,1-8H3/t20-,22+,23-,24+,25-,26-/m1/s1. The molecule has 0 saturated carbocycles. The number of likely N-dealkylation sites (tertiary alicyclic amines) is 1. The van der Waals surface area contributed by atoms with Crippen molar-refractivity contribution >= 4 is 14.4 Å². The molecule has 0 aromatic heterocycles. The summed E-state index contributed by atoms with van der Waals surface area (Å²) in [6, 6.07) is 9.39. The average molecular weight is 548 g/mol. The molecule has 3 aliphatic rings. The number of amides is 1. The van der Waals surface area contributed by atoms with Crippen LogP contribution >= 0.6 is 0 Å². The lowest BCUT2D eigenvalue weighted by atomic mass is 9.93. The van der Waals surface area contributed by atoms with E-state index in [4.69, 9.17) is 23.4 Å². The highest BCUT2D eigenvalue weighted by Gasteiger charge is 2.49. The van der Waals surface area contributed by atoms with Crippen LogP contribution in [0.15, 0.2) is 42.0 Å². The second-order valence-electron chi connectivity index (χ2n) is 13.1. The Bertz CT molecular complexity index is 1000. The van der Waals surface area contributed by atoms with E-state index in [1.165, 1.54) is 0 Å². The van der Waals surface area contributed by atoms with E-state index in [9.17, 15) is 9.90 Å². The predicted molar refractivity (Wildman–Crippen MR) is 147 cm³/mol. The van der Waals surface area contributed by atoms with Crippen molar-refractivity contribution in [2.75, 3.05) is 13.2 Å². The lowest BCUT2D eigenvalue weighted by Crippen LogP contribution is -2.48. The van der Waals surface area contributed by atoms with Gasteiger partial charge in [0.2, 0.25) is 0 Å². The van der Waals surface area contributed by atoms with E-state index >= 15 is 0 Å². The van der Waals surface area contributed by atoms with Gasteiger partial charge in [-0.3, -0.25) is 4.90 Å². The molecule has 0 radical (unpaired) electrons. The molecular weight excluding hydrogens is 502 g/mol. The maximum atomic E-state index is 13.3. The molecule has 1 N–H and O–H groups in total. The summed E-state index contributed by atoms with van der Waals surface area (Å²) in [7, 11) is -2.09. The number of hydrogen-bond donors (Lipinski definition) is 1. The molecule has 2 saturated heterocycles. The topological polar surface area (TPSA) is 86.7 Å². The van der Waals surface area contributed by atoms with Crippen LogP contribution in [0.25, 0.3) is 0 Å². The van der Waals surface area contributed by atoms with E-state index in [2.05, 4.69) is 33.9 Å². The van der Waals surface area contributed by atoms with Crippen molar-refractivity contribution in [2.24, 2.45) is 0 Å². The van der Waals surface area contributed by atoms with Crippen molar-refractivity contribution in [3.05, 3.63) is 47.5 Å². The van der Waals surface area contributed by atoms with Crippen LogP contribution in [0.5, 0.6) is 0 Å². The van der Waals surface area contributed by atoms with Gasteiger partial charge in [0.1, 0.15) is 17.8 Å². The Balaban J connectivity index is 1.55. The molecule has 0 unspecified atom stereocenters. The highest BCUT2D eigenvalue weighted by atomic mass is 28.4. The highest BCUT2D eigenvalue weighted by Crippen LogP contribution is 2.41. The highest BCUT2D eigenvalue weighted by molar-refractivity contribution is 6.74. The van der Waals surface area contributed by atoms with Crippen molar-refractivity contribution in [2.45, 2.75) is 115 Å². The van der Waals surface area contributed by atoms with Crippen LogP contribution in [-0.4, -0.2) is 79.9 Å². The second kappa shape index (κ2) is 11.0. The zero-order valence-electron chi connectivity index (χ0n) is 24.1. The van der Waals surface area contributed by atoms with Gasteiger partial charge in [0.15, 0.2) is 14.6 Å². The Hall–Kier alpha value is -1.75. The van der Waals surface area contributed by atoms with Crippen LogP contribution < -0.4 is 0 Å². The molecule has 8 nitrogen and oxygen atoms in total. The van der Waals surface area contributed by atoms with E-state index in [0.29, 0.717) is 31.8 Å². The van der Waals surface area contributed by atoms with Crippen molar-refractivity contribution < 1.29 is 33.3 Å². The molecule has 0 spiro atoms. The van der Waals surface area contributed by atoms with E-state index < -0.39 is 44.6 Å². The lowest BCUT2D eigenvalue weighted by molar-refractivity contribution is -0.144. The molecule has 0 aliphatic carbocycles. The third kappa shape index (κ3) is 6.69. The Morgan fingerprint density at radius 1 is 1.16 bits per heavy atom. The van der Waals surface area contributed by atoms with E-state index in [1.54, 1.807) is 4.90 Å². The number of nitrogens with zero attached hydrogens (tertiary/aromatic N) is 1. The summed E-state index contributed by atoms with van der Waals surface area (Å²) < 4.78 is 30.5. The van der Waals surface area contributed by atoms with E-state index in [1.807, 2.05) is 57.2 Å². The molecule has 3 heterocycles. The normalized spacial score (nSPS) is 28.8. The first-order valence-electron chi connectivity index (χ1n) is 13.6. The van der Waals surface area contributed by atoms with Crippen molar-refractivity contribution in [3.63, 3.8) is 0 Å². The SMILES string of the molecule is CC(C)(C)OC(=O)N1C[C@H](O[Si](C)(C)C(C)(C)C)C[C@H]1[C@H](O)C1=C[C@@H](OCc2ccccc2)[C@@H]2OC[C@@H]1O2. The summed E-state index contributed by atoms with van der Waals surface area (Å²) in [5.41, 5.74) is 1.07. The zero-order valence-corrected chi connectivity index (χ0v) is 25.1. The van der Waals surface area contributed by atoms with Gasteiger partial charge in [-0.2, -0.15) is 0 Å². The zero-order chi connectivity index (χ0) is 27.9. The molecule has 3 aliphatic heterocycles. The number of aliphatic hydroxyl groups excluding tert-OH is 1. The van der Waals surface area contributed by atoms with Crippen molar-refractivity contribution in [1.29, 1.82) is 0 Å². The number of ether oxygens (including phenoxy) is 4. The van der Waals surface area contributed by atoms with Crippen molar-refractivity contribution in [3.8, 4) is 0 Å². The molecule has 1 aromatic carbocycles. The number of hydrogen-bond acceptors (Lipinski definition) is 7. The minimum Gasteiger partial charge on any atom is -0.444 e. The van der Waals surface area contributed by atoms with Gasteiger partial charge in [0.05, 0.1) is 31.5 Å². The Kier molecular flexibility index (Phi) is 8.48. The minimum absolute atomic E-state index is 0.0275. The molecule has 1 amide bonds. The summed E-state index contributed by atoms with van der Waals surface area (Å²) in [6.07, 6.45) is -0.526. The molecule has 2 bridgehead atoms. The number of carbonyl (C=O) groups excluding carboxylic acids is 1. The van der Waals surface area contributed by atoms with Gasteiger partial charge in [-0.1, -0.05) is 51.1 Å². The fourth-order valence-electron chi connectivity index (χ4n) is 4.88. The maximum Gasteiger partial charge on any atom is 0.410 e. The quantitative estimate of drug-likeness (QED) is 0.379. The Morgan fingerprint density at radius 3 is 2.47 bits per heavy atom. The summed E-state index contributed by atoms with van der Waals surface area (Å²) >= 11 is 0. The number of fused-ring (bicyclic) bond motifs is 2. The lowest BCUT2D eigenvalue weighted by Gasteiger charge is -2.38. The first-order valence-corrected chi connectivity index (χ1v) is 16.6. The largest absolute Gasteiger partial charge is 0.444 e. The van der Waals surface area contributed by atoms with Gasteiger partial charge in [0, 0.05) is 6.54 Å². The minimum atomic E-state index is -2.09. The Labute approximate surface area is 228 Å². The smallest absolute Gasteiger partial charge is 0.410 e. The fraction of sp³-hybridized carbons (Fsp3) is 0.690. The number of rotatable bonds is 7. The summed E-state index contributed by atoms with van der Waals surface area (Å²) in [5.74, 6) is 0. The third-order valence-corrected chi connectivity index (χ3v) is 12.4. The average Bonchev–Trinajstić information content (AvgIpc) is 3.42. The first-order chi connectivity index (χ1) is 17.6. The van der Waals surface area contributed by atoms with Crippen LogP contribution in [0.1, 0.15) is 53.5 Å². The number of aliphatic hydroxyl groups is 1. The van der Waals surface area contributed by atoms with Crippen LogP contribution in [-0.2, 0) is 30.0 Å². The van der Waals surface area contributed by atoms with Gasteiger partial charge < -0.3 is 28.5 Å². The predicted octanol–water partition coefficient (Wildman–Crippen LogP) is 5.01. The first kappa shape index (κ1) is 29.2. The molecule has 6 atom stereocenters. The van der Waals surface area contributed by atoms with Gasteiger partial charge in [0.25, 0.3) is 0 Å². The van der Waals surface area contributed by atoms with Crippen LogP contribution in [0, 0.1) is 0 Å². The van der Waals surface area contributed by atoms with Crippen molar-refractivity contribution in [1.82, 2.24) is 4.90 Å². The monoisotopic (exact) mass is 547 g/mol. The molecule has 1 aromatic rings. The number of carbonyl (C=O) groups is 1. The molecular formula is C29H45NO7Si. The summed E-state index contributed by atoms with van der Waals surface area (Å²) in [6.45, 7) is 17.6. The molecule has 2 fully saturated rings. The molecule has 212 valence electrons. The fourth-order valence-corrected chi connectivity index (χ4v) is 6.24. The van der Waals surface area contributed by atoms with Crippen LogP contribution in [0.4, 0.5) is 4.79 Å². The van der Waals surface area contributed by atoms with Gasteiger partial charge >= 0.3 is 6.09 Å². The van der Waals surface area contributed by atoms with Gasteiger partial charge in [-0.25, -0.2) is 4.79 Å². The number of benzene rings is 1. The molecule has 38 heavy (non-hydrogen) atoms. The Morgan fingerprint density at radius 2 is 1.84 bits per heavy atom.